The highest BCUT2D eigenvalue weighted by Gasteiger charge is 2.43. The van der Waals surface area contributed by atoms with Crippen LogP contribution in [0.5, 0.6) is 5.75 Å². The van der Waals surface area contributed by atoms with E-state index in [2.05, 4.69) is 13.8 Å². The van der Waals surface area contributed by atoms with Gasteiger partial charge < -0.3 is 9.64 Å². The van der Waals surface area contributed by atoms with Gasteiger partial charge in [0.2, 0.25) is 0 Å². The molecule has 0 unspecified atom stereocenters. The van der Waals surface area contributed by atoms with E-state index in [0.29, 0.717) is 35.0 Å². The first-order valence-electron chi connectivity index (χ1n) is 8.63. The fourth-order valence-electron chi connectivity index (χ4n) is 3.20. The molecule has 2 aromatic rings. The van der Waals surface area contributed by atoms with E-state index in [9.17, 15) is 4.79 Å². The number of hydrogen-bond donors (Lipinski definition) is 0. The van der Waals surface area contributed by atoms with Crippen LogP contribution in [0.3, 0.4) is 0 Å². The summed E-state index contributed by atoms with van der Waals surface area (Å²) in [6, 6.07) is 14.8. The third-order valence-corrected chi connectivity index (χ3v) is 5.88. The van der Waals surface area contributed by atoms with Crippen molar-refractivity contribution in [3.05, 3.63) is 58.6 Å². The van der Waals surface area contributed by atoms with Gasteiger partial charge in [0.15, 0.2) is 0 Å². The lowest BCUT2D eigenvalue weighted by molar-refractivity contribution is 0.0772. The summed E-state index contributed by atoms with van der Waals surface area (Å²) in [5.41, 5.74) is 0.903. The van der Waals surface area contributed by atoms with Crippen molar-refractivity contribution in [2.75, 3.05) is 19.3 Å². The maximum atomic E-state index is 12.9. The Kier molecular flexibility index (Phi) is 5.69. The van der Waals surface area contributed by atoms with Crippen LogP contribution in [-0.2, 0) is 0 Å². The Labute approximate surface area is 169 Å². The number of likely N-dealkylation sites (tertiary alicyclic amines) is 1. The van der Waals surface area contributed by atoms with Gasteiger partial charge in [-0.1, -0.05) is 25.4 Å². The second-order valence-corrected chi connectivity index (χ2v) is 8.55. The number of thioether (sulfide) groups is 1. The predicted molar refractivity (Wildman–Crippen MR) is 108 cm³/mol. The second-order valence-electron chi connectivity index (χ2n) is 7.26. The van der Waals surface area contributed by atoms with Crippen molar-refractivity contribution in [2.24, 2.45) is 5.41 Å². The molecule has 0 spiro atoms. The van der Waals surface area contributed by atoms with Gasteiger partial charge in [-0.15, -0.1) is 11.8 Å². The Hall–Kier alpha value is -2.16. The Morgan fingerprint density at radius 2 is 2.00 bits per heavy atom. The quantitative estimate of drug-likeness (QED) is 0.687. The minimum atomic E-state index is -0.199. The van der Waals surface area contributed by atoms with Crippen LogP contribution in [-0.4, -0.2) is 36.3 Å². The Morgan fingerprint density at radius 3 is 2.59 bits per heavy atom. The van der Waals surface area contributed by atoms with Crippen molar-refractivity contribution in [1.82, 2.24) is 4.90 Å². The number of ether oxygens (including phenoxy) is 1. The lowest BCUT2D eigenvalue weighted by atomic mass is 9.90. The van der Waals surface area contributed by atoms with Crippen molar-refractivity contribution in [1.29, 1.82) is 5.26 Å². The van der Waals surface area contributed by atoms with E-state index in [1.165, 1.54) is 0 Å². The number of hydrogen-bond acceptors (Lipinski definition) is 4. The van der Waals surface area contributed by atoms with Gasteiger partial charge in [-0.3, -0.25) is 4.79 Å². The molecule has 1 fully saturated rings. The molecule has 0 aromatic heterocycles. The molecule has 1 aliphatic rings. The summed E-state index contributed by atoms with van der Waals surface area (Å²) < 4.78 is 6.13. The molecule has 3 rings (SSSR count). The van der Waals surface area contributed by atoms with Gasteiger partial charge in [0.25, 0.3) is 5.91 Å². The monoisotopic (exact) mass is 400 g/mol. The predicted octanol–water partition coefficient (Wildman–Crippen LogP) is 4.86. The third kappa shape index (κ3) is 4.23. The molecule has 27 heavy (non-hydrogen) atoms. The Bertz CT molecular complexity index is 890. The number of carbonyl (C=O) groups is 1. The number of benzene rings is 2. The van der Waals surface area contributed by atoms with Gasteiger partial charge in [0.1, 0.15) is 17.9 Å². The van der Waals surface area contributed by atoms with Crippen LogP contribution >= 0.6 is 23.4 Å². The van der Waals surface area contributed by atoms with Gasteiger partial charge in [0, 0.05) is 28.5 Å². The second kappa shape index (κ2) is 7.84. The smallest absolute Gasteiger partial charge is 0.254 e. The Balaban J connectivity index is 1.74. The van der Waals surface area contributed by atoms with Gasteiger partial charge in [-0.25, -0.2) is 0 Å². The first kappa shape index (κ1) is 19.6. The average Bonchev–Trinajstić information content (AvgIpc) is 2.95. The van der Waals surface area contributed by atoms with E-state index < -0.39 is 0 Å². The molecule has 1 amide bonds. The number of nitriles is 1. The van der Waals surface area contributed by atoms with Crippen LogP contribution in [0.15, 0.2) is 47.4 Å². The van der Waals surface area contributed by atoms with E-state index >= 15 is 0 Å². The summed E-state index contributed by atoms with van der Waals surface area (Å²) in [6.45, 7) is 5.30. The summed E-state index contributed by atoms with van der Waals surface area (Å²) in [6.07, 6.45) is 1.85. The van der Waals surface area contributed by atoms with E-state index in [1.54, 1.807) is 30.0 Å². The van der Waals surface area contributed by atoms with Crippen molar-refractivity contribution >= 4 is 29.3 Å². The molecule has 1 aliphatic heterocycles. The van der Waals surface area contributed by atoms with Gasteiger partial charge in [0.05, 0.1) is 17.1 Å². The fraction of sp³-hybridized carbons (Fsp3) is 0.333. The average molecular weight is 401 g/mol. The number of nitrogens with zero attached hydrogens (tertiary/aromatic N) is 2. The van der Waals surface area contributed by atoms with Crippen LogP contribution in [0.2, 0.25) is 5.02 Å². The maximum absolute atomic E-state index is 12.9. The molecule has 2 aromatic carbocycles. The SMILES string of the molecule is CSc1ccc(C(=O)N2C[C@H](Oc3ccc(C#N)c(Cl)c3)C(C)(C)C2)cc1. The summed E-state index contributed by atoms with van der Waals surface area (Å²) >= 11 is 7.75. The highest BCUT2D eigenvalue weighted by atomic mass is 35.5. The van der Waals surface area contributed by atoms with E-state index in [1.807, 2.05) is 41.5 Å². The van der Waals surface area contributed by atoms with E-state index in [0.717, 1.165) is 4.90 Å². The van der Waals surface area contributed by atoms with Crippen LogP contribution in [0.25, 0.3) is 0 Å². The number of carbonyl (C=O) groups excluding carboxylic acids is 1. The van der Waals surface area contributed by atoms with Crippen LogP contribution in [0.4, 0.5) is 0 Å². The highest BCUT2D eigenvalue weighted by Crippen LogP contribution is 2.35. The lowest BCUT2D eigenvalue weighted by Crippen LogP contribution is -2.32. The third-order valence-electron chi connectivity index (χ3n) is 4.82. The highest BCUT2D eigenvalue weighted by molar-refractivity contribution is 7.98. The first-order chi connectivity index (χ1) is 12.8. The zero-order valence-electron chi connectivity index (χ0n) is 15.5. The molecule has 4 nitrogen and oxygen atoms in total. The van der Waals surface area contributed by atoms with Crippen molar-refractivity contribution in [3.8, 4) is 11.8 Å². The van der Waals surface area contributed by atoms with Crippen LogP contribution < -0.4 is 4.74 Å². The zero-order valence-corrected chi connectivity index (χ0v) is 17.1. The molecule has 1 saturated heterocycles. The molecule has 0 radical (unpaired) electrons. The molecule has 0 N–H and O–H groups in total. The van der Waals surface area contributed by atoms with E-state index in [4.69, 9.17) is 21.6 Å². The molecular weight excluding hydrogens is 380 g/mol. The van der Waals surface area contributed by atoms with Crippen molar-refractivity contribution in [2.45, 2.75) is 24.8 Å². The van der Waals surface area contributed by atoms with Crippen molar-refractivity contribution in [3.63, 3.8) is 0 Å². The van der Waals surface area contributed by atoms with Crippen LogP contribution in [0, 0.1) is 16.7 Å². The number of halogens is 1. The summed E-state index contributed by atoms with van der Waals surface area (Å²) in [5.74, 6) is 0.621. The zero-order chi connectivity index (χ0) is 19.6. The summed E-state index contributed by atoms with van der Waals surface area (Å²) in [4.78, 5) is 15.8. The van der Waals surface area contributed by atoms with Gasteiger partial charge >= 0.3 is 0 Å². The maximum Gasteiger partial charge on any atom is 0.254 e. The standard InChI is InChI=1S/C21H21ClN2O2S/c1-21(2)13-24(20(25)14-5-8-17(27-3)9-6-14)12-19(21)26-16-7-4-15(11-23)18(22)10-16/h4-10,19H,12-13H2,1-3H3/t19-/m0/s1. The summed E-state index contributed by atoms with van der Waals surface area (Å²) in [7, 11) is 0. The molecular formula is C21H21ClN2O2S. The molecule has 1 heterocycles. The lowest BCUT2D eigenvalue weighted by Gasteiger charge is -2.26. The molecule has 0 saturated carbocycles. The number of amides is 1. The van der Waals surface area contributed by atoms with Gasteiger partial charge in [-0.05, 0) is 42.7 Å². The molecule has 6 heteroatoms. The molecule has 140 valence electrons. The van der Waals surface area contributed by atoms with Crippen molar-refractivity contribution < 1.29 is 9.53 Å². The topological polar surface area (TPSA) is 53.3 Å². The largest absolute Gasteiger partial charge is 0.488 e. The minimum Gasteiger partial charge on any atom is -0.488 e. The van der Waals surface area contributed by atoms with E-state index in [-0.39, 0.29) is 17.4 Å². The molecule has 1 atom stereocenters. The summed E-state index contributed by atoms with van der Waals surface area (Å²) in [5, 5.41) is 9.36. The fourth-order valence-corrected chi connectivity index (χ4v) is 3.82. The van der Waals surface area contributed by atoms with Gasteiger partial charge in [-0.2, -0.15) is 5.26 Å². The van der Waals surface area contributed by atoms with Crippen LogP contribution in [0.1, 0.15) is 29.8 Å². The number of rotatable bonds is 4. The molecule has 0 bridgehead atoms. The Morgan fingerprint density at radius 1 is 1.30 bits per heavy atom. The first-order valence-corrected chi connectivity index (χ1v) is 10.2. The normalized spacial score (nSPS) is 18.2. The minimum absolute atomic E-state index is 0.0136. The molecule has 0 aliphatic carbocycles.